The number of nitrogens with one attached hydrogen (secondary N) is 1. The molecular weight excluding hydrogens is 278 g/mol. The Labute approximate surface area is 132 Å². The molecule has 1 aliphatic rings. The van der Waals surface area contributed by atoms with Gasteiger partial charge in [0.2, 0.25) is 0 Å². The number of hydrogen-bond acceptors (Lipinski definition) is 2. The van der Waals surface area contributed by atoms with Gasteiger partial charge in [-0.25, -0.2) is 0 Å². The van der Waals surface area contributed by atoms with Crippen LogP contribution >= 0.6 is 0 Å². The van der Waals surface area contributed by atoms with Crippen molar-refractivity contribution in [1.29, 1.82) is 0 Å². The van der Waals surface area contributed by atoms with Crippen molar-refractivity contribution < 1.29 is 4.21 Å². The first-order chi connectivity index (χ1) is 10.1. The molecule has 0 radical (unpaired) electrons. The molecule has 1 saturated carbocycles. The molecule has 1 aromatic rings. The summed E-state index contributed by atoms with van der Waals surface area (Å²) in [4.78, 5) is 0. The molecule has 118 valence electrons. The van der Waals surface area contributed by atoms with Crippen LogP contribution in [0.3, 0.4) is 0 Å². The Hall–Kier alpha value is -0.670. The average molecular weight is 308 g/mol. The van der Waals surface area contributed by atoms with Crippen LogP contribution in [0.1, 0.15) is 51.0 Å². The Morgan fingerprint density at radius 3 is 2.57 bits per heavy atom. The molecule has 4 atom stereocenters. The first-order valence-electron chi connectivity index (χ1n) is 8.21. The molecule has 0 aromatic heterocycles. The van der Waals surface area contributed by atoms with E-state index < -0.39 is 10.8 Å². The lowest BCUT2D eigenvalue weighted by atomic mass is 9.81. The molecule has 4 unspecified atom stereocenters. The van der Waals surface area contributed by atoms with E-state index in [0.29, 0.717) is 23.1 Å². The van der Waals surface area contributed by atoms with E-state index in [2.05, 4.69) is 49.5 Å². The van der Waals surface area contributed by atoms with Crippen LogP contribution in [0.15, 0.2) is 30.3 Å². The highest BCUT2D eigenvalue weighted by molar-refractivity contribution is 7.85. The quantitative estimate of drug-likeness (QED) is 0.868. The summed E-state index contributed by atoms with van der Waals surface area (Å²) in [6.45, 7) is 4.42. The van der Waals surface area contributed by atoms with Crippen molar-refractivity contribution in [3.8, 4) is 0 Å². The molecule has 2 rings (SSSR count). The second-order valence-corrected chi connectivity index (χ2v) is 8.40. The van der Waals surface area contributed by atoms with E-state index in [1.807, 2.05) is 7.05 Å². The van der Waals surface area contributed by atoms with Crippen LogP contribution in [-0.2, 0) is 10.8 Å². The predicted molar refractivity (Wildman–Crippen MR) is 92.1 cm³/mol. The topological polar surface area (TPSA) is 29.1 Å². The zero-order valence-electron chi connectivity index (χ0n) is 13.5. The molecule has 1 N–H and O–H groups in total. The zero-order chi connectivity index (χ0) is 15.2. The van der Waals surface area contributed by atoms with E-state index in [0.717, 1.165) is 25.0 Å². The Kier molecular flexibility index (Phi) is 6.43. The van der Waals surface area contributed by atoms with Gasteiger partial charge < -0.3 is 5.32 Å². The van der Waals surface area contributed by atoms with Crippen LogP contribution in [0, 0.1) is 5.92 Å². The summed E-state index contributed by atoms with van der Waals surface area (Å²) in [6, 6.07) is 11.2. The lowest BCUT2D eigenvalue weighted by Crippen LogP contribution is -2.45. The van der Waals surface area contributed by atoms with Crippen LogP contribution in [0.2, 0.25) is 0 Å². The predicted octanol–water partition coefficient (Wildman–Crippen LogP) is 3.71. The van der Waals surface area contributed by atoms with Gasteiger partial charge in [-0.1, -0.05) is 44.2 Å². The fourth-order valence-electron chi connectivity index (χ4n) is 3.28. The molecular formula is C18H29NOS. The van der Waals surface area contributed by atoms with Crippen molar-refractivity contribution in [2.75, 3.05) is 12.8 Å². The van der Waals surface area contributed by atoms with Gasteiger partial charge in [0.15, 0.2) is 0 Å². The third-order valence-electron chi connectivity index (χ3n) is 4.67. The van der Waals surface area contributed by atoms with Gasteiger partial charge in [0.05, 0.1) is 5.25 Å². The summed E-state index contributed by atoms with van der Waals surface area (Å²) in [7, 11) is 1.30. The Balaban J connectivity index is 2.03. The second kappa shape index (κ2) is 8.09. The Morgan fingerprint density at radius 1 is 1.24 bits per heavy atom. The third-order valence-corrected chi connectivity index (χ3v) is 6.50. The van der Waals surface area contributed by atoms with E-state index in [9.17, 15) is 4.21 Å². The summed E-state index contributed by atoms with van der Waals surface area (Å²) >= 11 is 0. The Morgan fingerprint density at radius 2 is 1.95 bits per heavy atom. The van der Waals surface area contributed by atoms with E-state index >= 15 is 0 Å². The standard InChI is InChI=1S/C18H29NOS/c1-14(2)11-12-21(20)18-13-16(9-10-17(18)19-3)15-7-5-4-6-8-15/h4-8,14,16-19H,9-13H2,1-3H3. The maximum absolute atomic E-state index is 12.7. The highest BCUT2D eigenvalue weighted by Crippen LogP contribution is 2.35. The molecule has 21 heavy (non-hydrogen) atoms. The monoisotopic (exact) mass is 307 g/mol. The van der Waals surface area contributed by atoms with Crippen LogP contribution in [0.25, 0.3) is 0 Å². The fourth-order valence-corrected chi connectivity index (χ4v) is 5.37. The second-order valence-electron chi connectivity index (χ2n) is 6.62. The third kappa shape index (κ3) is 4.65. The SMILES string of the molecule is CNC1CCC(c2ccccc2)CC1S(=O)CCC(C)C. The smallest absolute Gasteiger partial charge is 0.0506 e. The van der Waals surface area contributed by atoms with Crippen LogP contribution in [-0.4, -0.2) is 28.3 Å². The first kappa shape index (κ1) is 16.7. The van der Waals surface area contributed by atoms with Gasteiger partial charge in [0.1, 0.15) is 0 Å². The van der Waals surface area contributed by atoms with Crippen LogP contribution < -0.4 is 5.32 Å². The average Bonchev–Trinajstić information content (AvgIpc) is 2.52. The molecule has 0 spiro atoms. The molecule has 1 aliphatic carbocycles. The van der Waals surface area contributed by atoms with Gasteiger partial charge in [0, 0.05) is 22.6 Å². The molecule has 0 aliphatic heterocycles. The van der Waals surface area contributed by atoms with E-state index in [-0.39, 0.29) is 0 Å². The van der Waals surface area contributed by atoms with Gasteiger partial charge >= 0.3 is 0 Å². The van der Waals surface area contributed by atoms with Crippen LogP contribution in [0.4, 0.5) is 0 Å². The highest BCUT2D eigenvalue weighted by atomic mass is 32.2. The number of rotatable bonds is 6. The van der Waals surface area contributed by atoms with Crippen LogP contribution in [0.5, 0.6) is 0 Å². The molecule has 1 aromatic carbocycles. The lowest BCUT2D eigenvalue weighted by molar-refractivity contribution is 0.363. The maximum atomic E-state index is 12.7. The van der Waals surface area contributed by atoms with Crippen molar-refractivity contribution in [1.82, 2.24) is 5.32 Å². The summed E-state index contributed by atoms with van der Waals surface area (Å²) < 4.78 is 12.7. The number of hydrogen-bond donors (Lipinski definition) is 1. The van der Waals surface area contributed by atoms with Crippen molar-refractivity contribution in [2.45, 2.75) is 56.7 Å². The minimum atomic E-state index is -0.714. The molecule has 2 nitrogen and oxygen atoms in total. The highest BCUT2D eigenvalue weighted by Gasteiger charge is 2.33. The van der Waals surface area contributed by atoms with E-state index in [4.69, 9.17) is 0 Å². The van der Waals surface area contributed by atoms with Crippen molar-refractivity contribution in [3.05, 3.63) is 35.9 Å². The van der Waals surface area contributed by atoms with E-state index in [1.54, 1.807) is 0 Å². The molecule has 0 saturated heterocycles. The summed E-state index contributed by atoms with van der Waals surface area (Å²) in [5.41, 5.74) is 1.41. The minimum Gasteiger partial charge on any atom is -0.316 e. The normalized spacial score (nSPS) is 27.7. The minimum absolute atomic E-state index is 0.299. The van der Waals surface area contributed by atoms with Gasteiger partial charge in [-0.2, -0.15) is 0 Å². The molecule has 1 fully saturated rings. The summed E-state index contributed by atoms with van der Waals surface area (Å²) in [6.07, 6.45) is 4.46. The fraction of sp³-hybridized carbons (Fsp3) is 0.667. The van der Waals surface area contributed by atoms with Crippen molar-refractivity contribution >= 4 is 10.8 Å². The van der Waals surface area contributed by atoms with Gasteiger partial charge in [-0.05, 0) is 50.1 Å². The van der Waals surface area contributed by atoms with Gasteiger partial charge in [-0.15, -0.1) is 0 Å². The molecule has 0 heterocycles. The van der Waals surface area contributed by atoms with Gasteiger partial charge in [-0.3, -0.25) is 4.21 Å². The van der Waals surface area contributed by atoms with Crippen molar-refractivity contribution in [2.24, 2.45) is 5.92 Å². The maximum Gasteiger partial charge on any atom is 0.0506 e. The summed E-state index contributed by atoms with van der Waals surface area (Å²) in [5.74, 6) is 2.06. The summed E-state index contributed by atoms with van der Waals surface area (Å²) in [5, 5.41) is 3.70. The number of benzene rings is 1. The molecule has 3 heteroatoms. The largest absolute Gasteiger partial charge is 0.316 e. The molecule has 0 amide bonds. The zero-order valence-corrected chi connectivity index (χ0v) is 14.4. The Bertz CT molecular complexity index is 446. The molecule has 0 bridgehead atoms. The van der Waals surface area contributed by atoms with Gasteiger partial charge in [0.25, 0.3) is 0 Å². The lowest BCUT2D eigenvalue weighted by Gasteiger charge is -2.36. The van der Waals surface area contributed by atoms with Crippen molar-refractivity contribution in [3.63, 3.8) is 0 Å². The first-order valence-corrected chi connectivity index (χ1v) is 9.59. The van der Waals surface area contributed by atoms with E-state index in [1.165, 1.54) is 12.0 Å².